The van der Waals surface area contributed by atoms with Crippen LogP contribution in [0.1, 0.15) is 32.4 Å². The van der Waals surface area contributed by atoms with Gasteiger partial charge in [-0.05, 0) is 39.3 Å². The summed E-state index contributed by atoms with van der Waals surface area (Å²) in [6, 6.07) is 1.60. The van der Waals surface area contributed by atoms with Gasteiger partial charge in [0.25, 0.3) is 0 Å². The fourth-order valence-corrected chi connectivity index (χ4v) is 6.73. The molecular weight excluding hydrogens is 492 g/mol. The number of piperazine rings is 1. The number of fused-ring (bicyclic) bond motifs is 2. The third-order valence-corrected chi connectivity index (χ3v) is 8.41. The molecule has 2 fully saturated rings. The molecule has 190 valence electrons. The number of rotatable bonds is 3. The number of aryl methyl sites for hydroxylation is 1. The van der Waals surface area contributed by atoms with Gasteiger partial charge in [-0.1, -0.05) is 11.6 Å². The van der Waals surface area contributed by atoms with E-state index >= 15 is 0 Å². The van der Waals surface area contributed by atoms with Crippen molar-refractivity contribution in [1.82, 2.24) is 14.5 Å². The maximum atomic E-state index is 13.4. The molecule has 4 heterocycles. The molecule has 9 nitrogen and oxygen atoms in total. The summed E-state index contributed by atoms with van der Waals surface area (Å²) in [6.07, 6.45) is -0.333. The molecule has 3 aliphatic rings. The molecule has 0 N–H and O–H groups in total. The minimum absolute atomic E-state index is 0.125. The molecule has 2 saturated heterocycles. The molecule has 1 aromatic heterocycles. The largest absolute Gasteiger partial charge is 0.444 e. The molecule has 11 heteroatoms. The fraction of sp³-hybridized carbons (Fsp3) is 0.625. The van der Waals surface area contributed by atoms with E-state index in [1.807, 2.05) is 33.8 Å². The van der Waals surface area contributed by atoms with E-state index < -0.39 is 5.60 Å². The molecule has 35 heavy (non-hydrogen) atoms. The zero-order valence-electron chi connectivity index (χ0n) is 20.7. The topological polar surface area (TPSA) is 86.1 Å². The number of hydrogen-bond donors (Lipinski definition) is 0. The van der Waals surface area contributed by atoms with Gasteiger partial charge >= 0.3 is 11.8 Å². The van der Waals surface area contributed by atoms with Crippen molar-refractivity contribution in [2.75, 3.05) is 50.7 Å². The molecule has 0 aliphatic carbocycles. The summed E-state index contributed by atoms with van der Waals surface area (Å²) in [7, 11) is 1.64. The average molecular weight is 523 g/mol. The van der Waals surface area contributed by atoms with Gasteiger partial charge in [-0.25, -0.2) is 9.59 Å². The number of anilines is 1. The highest BCUT2D eigenvalue weighted by Gasteiger charge is 2.43. The predicted molar refractivity (Wildman–Crippen MR) is 136 cm³/mol. The molecule has 2 aromatic rings. The minimum Gasteiger partial charge on any atom is -0.444 e. The Balaban J connectivity index is 1.60. The third-order valence-electron chi connectivity index (χ3n) is 6.58. The second-order valence-electron chi connectivity index (χ2n) is 10.4. The summed E-state index contributed by atoms with van der Waals surface area (Å²) >= 11 is 8.37. The molecule has 5 rings (SSSR count). The maximum absolute atomic E-state index is 13.4. The maximum Gasteiger partial charge on any atom is 0.410 e. The number of nitrogens with zero attached hydrogens (tertiary/aromatic N) is 4. The number of amides is 1. The van der Waals surface area contributed by atoms with Crippen LogP contribution in [0.25, 0.3) is 10.9 Å². The van der Waals surface area contributed by atoms with Crippen LogP contribution in [0.3, 0.4) is 0 Å². The van der Waals surface area contributed by atoms with Gasteiger partial charge in [-0.15, -0.1) is 11.8 Å². The number of halogens is 1. The van der Waals surface area contributed by atoms with Crippen molar-refractivity contribution in [2.24, 2.45) is 0 Å². The first-order chi connectivity index (χ1) is 16.6. The lowest BCUT2D eigenvalue weighted by Gasteiger charge is -2.50. The first-order valence-corrected chi connectivity index (χ1v) is 13.2. The number of benzene rings is 1. The second kappa shape index (κ2) is 9.14. The van der Waals surface area contributed by atoms with Crippen LogP contribution in [0.4, 0.5) is 10.6 Å². The van der Waals surface area contributed by atoms with Gasteiger partial charge in [0, 0.05) is 31.3 Å². The number of methoxy groups -OCH3 is 1. The van der Waals surface area contributed by atoms with E-state index in [9.17, 15) is 9.59 Å². The lowest BCUT2D eigenvalue weighted by molar-refractivity contribution is -0.0106. The second-order valence-corrected chi connectivity index (χ2v) is 11.8. The van der Waals surface area contributed by atoms with Crippen molar-refractivity contribution in [3.8, 4) is 0 Å². The van der Waals surface area contributed by atoms with Crippen molar-refractivity contribution < 1.29 is 19.0 Å². The number of morpholine rings is 1. The Labute approximate surface area is 213 Å². The van der Waals surface area contributed by atoms with Crippen LogP contribution < -0.4 is 10.6 Å². The van der Waals surface area contributed by atoms with E-state index in [-0.39, 0.29) is 29.9 Å². The number of aromatic nitrogens is 2. The van der Waals surface area contributed by atoms with Crippen LogP contribution in [-0.2, 0) is 14.2 Å². The summed E-state index contributed by atoms with van der Waals surface area (Å²) in [5.41, 5.74) is 0.861. The van der Waals surface area contributed by atoms with Gasteiger partial charge in [0.05, 0.1) is 53.4 Å². The quantitative estimate of drug-likeness (QED) is 0.605. The Morgan fingerprint density at radius 1 is 1.29 bits per heavy atom. The summed E-state index contributed by atoms with van der Waals surface area (Å²) in [4.78, 5) is 35.7. The van der Waals surface area contributed by atoms with E-state index in [0.29, 0.717) is 49.5 Å². The van der Waals surface area contributed by atoms with Gasteiger partial charge in [-0.2, -0.15) is 4.98 Å². The highest BCUT2D eigenvalue weighted by molar-refractivity contribution is 7.99. The molecule has 3 atom stereocenters. The Bertz CT molecular complexity index is 1220. The van der Waals surface area contributed by atoms with E-state index in [1.165, 1.54) is 0 Å². The highest BCUT2D eigenvalue weighted by Crippen LogP contribution is 2.44. The number of thioether (sulfide) groups is 1. The van der Waals surface area contributed by atoms with Crippen LogP contribution in [0.2, 0.25) is 5.02 Å². The average Bonchev–Trinajstić information content (AvgIpc) is 2.77. The monoisotopic (exact) mass is 522 g/mol. The molecule has 2 unspecified atom stereocenters. The summed E-state index contributed by atoms with van der Waals surface area (Å²) in [5, 5.41) is 1.55. The first-order valence-electron chi connectivity index (χ1n) is 11.8. The summed E-state index contributed by atoms with van der Waals surface area (Å²) in [6.45, 7) is 9.70. The Hall–Kier alpha value is -2.01. The van der Waals surface area contributed by atoms with E-state index in [1.54, 1.807) is 28.3 Å². The van der Waals surface area contributed by atoms with Crippen molar-refractivity contribution in [3.63, 3.8) is 0 Å². The van der Waals surface area contributed by atoms with Gasteiger partial charge in [0.2, 0.25) is 0 Å². The van der Waals surface area contributed by atoms with Crippen LogP contribution in [0, 0.1) is 6.92 Å². The van der Waals surface area contributed by atoms with Crippen LogP contribution >= 0.6 is 23.4 Å². The van der Waals surface area contributed by atoms with Crippen molar-refractivity contribution in [3.05, 3.63) is 27.1 Å². The fourth-order valence-electron chi connectivity index (χ4n) is 5.18. The molecule has 0 spiro atoms. The Morgan fingerprint density at radius 2 is 1.97 bits per heavy atom. The SMILES string of the molecule is COC[C@H]1CSc2c(Cl)c(C)cc3c(N4C5COCC4CN(C(=O)OC(C)(C)C)C5)nc(=O)n1c23. The number of hydrogen-bond acceptors (Lipinski definition) is 8. The minimum atomic E-state index is -0.570. The van der Waals surface area contributed by atoms with Crippen LogP contribution in [0.5, 0.6) is 0 Å². The highest BCUT2D eigenvalue weighted by atomic mass is 35.5. The number of carbonyl (C=O) groups is 1. The number of carbonyl (C=O) groups excluding carboxylic acids is 1. The van der Waals surface area contributed by atoms with Crippen LogP contribution in [0.15, 0.2) is 15.8 Å². The zero-order valence-corrected chi connectivity index (χ0v) is 22.2. The van der Waals surface area contributed by atoms with Crippen molar-refractivity contribution >= 4 is 46.2 Å². The van der Waals surface area contributed by atoms with Gasteiger partial charge < -0.3 is 24.0 Å². The molecule has 2 bridgehead atoms. The molecule has 1 aromatic carbocycles. The van der Waals surface area contributed by atoms with Crippen LogP contribution in [-0.4, -0.2) is 84.0 Å². The van der Waals surface area contributed by atoms with E-state index in [0.717, 1.165) is 21.4 Å². The van der Waals surface area contributed by atoms with E-state index in [2.05, 4.69) is 9.88 Å². The van der Waals surface area contributed by atoms with Gasteiger partial charge in [0.1, 0.15) is 11.4 Å². The lowest BCUT2D eigenvalue weighted by atomic mass is 10.0. The molecule has 1 amide bonds. The normalized spacial score (nSPS) is 24.1. The Kier molecular flexibility index (Phi) is 6.44. The molecule has 0 radical (unpaired) electrons. The number of ether oxygens (including phenoxy) is 3. The lowest BCUT2D eigenvalue weighted by Crippen LogP contribution is -2.66. The van der Waals surface area contributed by atoms with Gasteiger partial charge in [0.15, 0.2) is 0 Å². The van der Waals surface area contributed by atoms with Crippen molar-refractivity contribution in [2.45, 2.75) is 56.3 Å². The zero-order chi connectivity index (χ0) is 25.1. The summed E-state index contributed by atoms with van der Waals surface area (Å²) in [5.74, 6) is 1.32. The predicted octanol–water partition coefficient (Wildman–Crippen LogP) is 3.48. The molecule has 3 aliphatic heterocycles. The Morgan fingerprint density at radius 3 is 2.60 bits per heavy atom. The summed E-state index contributed by atoms with van der Waals surface area (Å²) < 4.78 is 18.6. The molecule has 0 saturated carbocycles. The van der Waals surface area contributed by atoms with E-state index in [4.69, 9.17) is 25.8 Å². The van der Waals surface area contributed by atoms with Gasteiger partial charge in [-0.3, -0.25) is 4.57 Å². The third kappa shape index (κ3) is 4.39. The first kappa shape index (κ1) is 24.7. The molecular formula is C24H31ClN4O5S. The standard InChI is InChI=1S/C24H31ClN4O5S/c1-13-6-17-19-20(18(13)25)35-12-16(9-32-5)29(19)22(30)26-21(17)28-14-7-27(8-15(28)11-33-10-14)23(31)34-24(2,3)4/h6,14-16H,7-12H2,1-5H3/t14?,15?,16-/m0/s1. The van der Waals surface area contributed by atoms with Crippen molar-refractivity contribution in [1.29, 1.82) is 0 Å². The smallest absolute Gasteiger partial charge is 0.410 e.